The summed E-state index contributed by atoms with van der Waals surface area (Å²) in [6.45, 7) is 9.95. The fraction of sp³-hybridized carbons (Fsp3) is 0.364. The zero-order chi connectivity index (χ0) is 30.1. The number of aryl methyl sites for hydroxylation is 2. The van der Waals surface area contributed by atoms with Gasteiger partial charge in [0.15, 0.2) is 0 Å². The number of halogens is 1. The van der Waals surface area contributed by atoms with Gasteiger partial charge in [-0.1, -0.05) is 68.2 Å². The number of nitrogens with one attached hydrogen (secondary N) is 2. The first-order valence-electron chi connectivity index (χ1n) is 13.8. The van der Waals surface area contributed by atoms with E-state index in [0.717, 1.165) is 16.6 Å². The molecule has 0 spiro atoms. The molecule has 0 bridgehead atoms. The Hall–Kier alpha value is -3.96. The smallest absolute Gasteiger partial charge is 0.242 e. The largest absolute Gasteiger partial charge is 0.495 e. The van der Waals surface area contributed by atoms with Crippen molar-refractivity contribution in [2.75, 3.05) is 12.4 Å². The molecular weight excluding hydrogens is 516 g/mol. The van der Waals surface area contributed by atoms with Crippen LogP contribution in [0, 0.1) is 36.4 Å². The van der Waals surface area contributed by atoms with Crippen molar-refractivity contribution in [2.24, 2.45) is 5.41 Å². The number of hydrogen-bond acceptors (Lipinski definition) is 5. The van der Waals surface area contributed by atoms with Crippen LogP contribution in [0.2, 0.25) is 0 Å². The van der Waals surface area contributed by atoms with Crippen LogP contribution in [-0.2, 0) is 10.2 Å². The van der Waals surface area contributed by atoms with Crippen molar-refractivity contribution in [1.82, 2.24) is 5.32 Å². The molecule has 1 heterocycles. The summed E-state index contributed by atoms with van der Waals surface area (Å²) in [4.78, 5) is 25.5. The molecular formula is C33H37BFN3O3. The number of amides is 1. The normalized spacial score (nSPS) is 22.1. The molecule has 0 saturated carbocycles. The van der Waals surface area contributed by atoms with Crippen LogP contribution in [0.25, 0.3) is 0 Å². The highest BCUT2D eigenvalue weighted by molar-refractivity contribution is 6.33. The number of nitriles is 1. The van der Waals surface area contributed by atoms with Gasteiger partial charge in [0, 0.05) is 17.5 Å². The van der Waals surface area contributed by atoms with Gasteiger partial charge in [0.1, 0.15) is 31.1 Å². The molecule has 4 rings (SSSR count). The Labute approximate surface area is 242 Å². The molecule has 1 aliphatic rings. The van der Waals surface area contributed by atoms with Gasteiger partial charge < -0.3 is 15.4 Å². The molecule has 4 atom stereocenters. The van der Waals surface area contributed by atoms with Gasteiger partial charge in [-0.25, -0.2) is 4.39 Å². The number of nitrogens with zero attached hydrogens (tertiary/aromatic N) is 1. The second-order valence-electron chi connectivity index (χ2n) is 12.3. The lowest BCUT2D eigenvalue weighted by Gasteiger charge is -2.38. The van der Waals surface area contributed by atoms with Crippen LogP contribution >= 0.6 is 0 Å². The van der Waals surface area contributed by atoms with E-state index in [2.05, 4.69) is 37.5 Å². The average molecular weight is 553 g/mol. The minimum Gasteiger partial charge on any atom is -0.495 e. The molecule has 2 N–H and O–H groups in total. The van der Waals surface area contributed by atoms with Gasteiger partial charge in [-0.15, -0.1) is 0 Å². The number of rotatable bonds is 7. The first-order valence-corrected chi connectivity index (χ1v) is 13.8. The maximum Gasteiger partial charge on any atom is 0.242 e. The summed E-state index contributed by atoms with van der Waals surface area (Å²) >= 11 is 0. The molecule has 1 saturated heterocycles. The monoisotopic (exact) mass is 553 g/mol. The standard InChI is InChI=1S/C33H37BFN3O3/c1-19-10-12-23(24(34)14-19)33(18-36)27(16-32(3,4)5)38-30(28(33)22-9-7-8-20(2)29(22)35)31(40)37-25-13-11-21(17-39)15-26(25)41-6/h7-15,17,27-28,30,38H,16,34H2,1-6H3,(H,37,40)/t27?,28?,30-,33+/m1/s1. The van der Waals surface area contributed by atoms with Crippen molar-refractivity contribution in [2.45, 2.75) is 64.5 Å². The summed E-state index contributed by atoms with van der Waals surface area (Å²) in [5, 5.41) is 17.6. The first kappa shape index (κ1) is 30.0. The topological polar surface area (TPSA) is 91.2 Å². The van der Waals surface area contributed by atoms with Gasteiger partial charge in [-0.2, -0.15) is 5.26 Å². The van der Waals surface area contributed by atoms with Crippen molar-refractivity contribution < 1.29 is 18.7 Å². The lowest BCUT2D eigenvalue weighted by molar-refractivity contribution is -0.118. The van der Waals surface area contributed by atoms with Crippen LogP contribution in [0.15, 0.2) is 54.6 Å². The molecule has 212 valence electrons. The molecule has 0 radical (unpaired) electrons. The summed E-state index contributed by atoms with van der Waals surface area (Å²) < 4.78 is 21.5. The highest BCUT2D eigenvalue weighted by Crippen LogP contribution is 2.51. The Morgan fingerprint density at radius 3 is 2.54 bits per heavy atom. The Morgan fingerprint density at radius 1 is 1.20 bits per heavy atom. The Balaban J connectivity index is 1.96. The number of hydrogen-bond donors (Lipinski definition) is 2. The highest BCUT2D eigenvalue weighted by Gasteiger charge is 2.60. The van der Waals surface area contributed by atoms with Gasteiger partial charge >= 0.3 is 0 Å². The van der Waals surface area contributed by atoms with Crippen LogP contribution in [0.1, 0.15) is 65.7 Å². The maximum absolute atomic E-state index is 16.0. The Morgan fingerprint density at radius 2 is 1.93 bits per heavy atom. The van der Waals surface area contributed by atoms with Gasteiger partial charge in [0.2, 0.25) is 5.91 Å². The lowest BCUT2D eigenvalue weighted by atomic mass is 9.60. The SMILES string of the molecule is Bc1cc(C)ccc1[C@@]1(C#N)C(CC(C)(C)C)N[C@@H](C(=O)Nc2ccc(C=O)cc2OC)C1c1cccc(C)c1F. The van der Waals surface area contributed by atoms with Crippen LogP contribution in [-0.4, -0.2) is 39.2 Å². The number of aldehydes is 1. The molecule has 0 aromatic heterocycles. The van der Waals surface area contributed by atoms with E-state index in [1.54, 1.807) is 43.3 Å². The van der Waals surface area contributed by atoms with Gasteiger partial charge in [-0.05, 0) is 60.6 Å². The average Bonchev–Trinajstić information content (AvgIpc) is 3.23. The van der Waals surface area contributed by atoms with E-state index in [1.807, 2.05) is 33.0 Å². The minimum absolute atomic E-state index is 0.201. The van der Waals surface area contributed by atoms with E-state index < -0.39 is 35.1 Å². The molecule has 6 nitrogen and oxygen atoms in total. The molecule has 41 heavy (non-hydrogen) atoms. The zero-order valence-electron chi connectivity index (χ0n) is 24.8. The second kappa shape index (κ2) is 11.5. The third-order valence-corrected chi connectivity index (χ3v) is 8.04. The van der Waals surface area contributed by atoms with Gasteiger partial charge in [-0.3, -0.25) is 9.59 Å². The lowest BCUT2D eigenvalue weighted by Crippen LogP contribution is -2.46. The molecule has 1 aliphatic heterocycles. The minimum atomic E-state index is -1.26. The number of anilines is 1. The molecule has 0 aliphatic carbocycles. The number of methoxy groups -OCH3 is 1. The molecule has 2 unspecified atom stereocenters. The van der Waals surface area contributed by atoms with Crippen molar-refractivity contribution in [1.29, 1.82) is 5.26 Å². The molecule has 3 aromatic carbocycles. The predicted octanol–water partition coefficient (Wildman–Crippen LogP) is 4.48. The molecule has 3 aromatic rings. The summed E-state index contributed by atoms with van der Waals surface area (Å²) in [5.74, 6) is -1.37. The van der Waals surface area contributed by atoms with E-state index in [4.69, 9.17) is 4.74 Å². The highest BCUT2D eigenvalue weighted by atomic mass is 19.1. The van der Waals surface area contributed by atoms with Gasteiger partial charge in [0.25, 0.3) is 0 Å². The summed E-state index contributed by atoms with van der Waals surface area (Å²) in [5.41, 5.74) is 2.83. The summed E-state index contributed by atoms with van der Waals surface area (Å²) in [6.07, 6.45) is 1.27. The van der Waals surface area contributed by atoms with E-state index in [1.165, 1.54) is 7.11 Å². The number of carbonyl (C=O) groups excluding carboxylic acids is 2. The van der Waals surface area contributed by atoms with E-state index in [-0.39, 0.29) is 5.41 Å². The van der Waals surface area contributed by atoms with Crippen molar-refractivity contribution in [3.05, 3.63) is 88.2 Å². The molecule has 1 fully saturated rings. The third-order valence-electron chi connectivity index (χ3n) is 8.04. The summed E-state index contributed by atoms with van der Waals surface area (Å²) in [7, 11) is 3.42. The van der Waals surface area contributed by atoms with E-state index >= 15 is 4.39 Å². The van der Waals surface area contributed by atoms with Crippen LogP contribution < -0.4 is 20.8 Å². The molecule has 1 amide bonds. The van der Waals surface area contributed by atoms with Crippen molar-refractivity contribution in [3.63, 3.8) is 0 Å². The quantitative estimate of drug-likeness (QED) is 0.333. The predicted molar refractivity (Wildman–Crippen MR) is 162 cm³/mol. The van der Waals surface area contributed by atoms with E-state index in [9.17, 15) is 14.9 Å². The first-order chi connectivity index (χ1) is 19.4. The fourth-order valence-electron chi connectivity index (χ4n) is 6.25. The fourth-order valence-corrected chi connectivity index (χ4v) is 6.25. The van der Waals surface area contributed by atoms with Crippen molar-refractivity contribution in [3.8, 4) is 11.8 Å². The van der Waals surface area contributed by atoms with Gasteiger partial charge in [0.05, 0.1) is 24.9 Å². The second-order valence-corrected chi connectivity index (χ2v) is 12.3. The Kier molecular flexibility index (Phi) is 8.42. The number of carbonyl (C=O) groups is 2. The van der Waals surface area contributed by atoms with Crippen LogP contribution in [0.3, 0.4) is 0 Å². The van der Waals surface area contributed by atoms with Crippen molar-refractivity contribution >= 4 is 31.2 Å². The summed E-state index contributed by atoms with van der Waals surface area (Å²) in [6, 6.07) is 17.0. The van der Waals surface area contributed by atoms with Crippen LogP contribution in [0.4, 0.5) is 10.1 Å². The Bertz CT molecular complexity index is 1530. The molecule has 8 heteroatoms. The van der Waals surface area contributed by atoms with E-state index in [0.29, 0.717) is 40.8 Å². The zero-order valence-corrected chi connectivity index (χ0v) is 24.8. The maximum atomic E-state index is 16.0. The number of benzene rings is 3. The van der Waals surface area contributed by atoms with Crippen LogP contribution in [0.5, 0.6) is 5.75 Å². The number of ether oxygens (including phenoxy) is 1. The third kappa shape index (κ3) is 5.64.